The smallest absolute Gasteiger partial charge is 0.435 e. The molecular weight excluding hydrogens is 1050 g/mol. The summed E-state index contributed by atoms with van der Waals surface area (Å²) in [5, 5.41) is 25.5. The first kappa shape index (κ1) is 58.5. The van der Waals surface area contributed by atoms with Crippen LogP contribution in [0.1, 0.15) is 18.8 Å². The highest BCUT2D eigenvalue weighted by Crippen LogP contribution is 2.41. The summed E-state index contributed by atoms with van der Waals surface area (Å²) in [6, 6.07) is 34.2. The van der Waals surface area contributed by atoms with Gasteiger partial charge in [0.25, 0.3) is 0 Å². The predicted molar refractivity (Wildman–Crippen MR) is 279 cm³/mol. The van der Waals surface area contributed by atoms with E-state index in [1.165, 1.54) is 63.8 Å². The number of rotatable bonds is 14. The molecule has 0 saturated heterocycles. The van der Waals surface area contributed by atoms with E-state index in [1.807, 2.05) is 38.0 Å². The van der Waals surface area contributed by atoms with Gasteiger partial charge in [-0.15, -0.1) is 22.7 Å². The lowest BCUT2D eigenvalue weighted by Crippen LogP contribution is -2.19. The Labute approximate surface area is 434 Å². The second kappa shape index (κ2) is 24.3. The number of ether oxygens (including phenoxy) is 1. The van der Waals surface area contributed by atoms with Crippen molar-refractivity contribution in [3.05, 3.63) is 145 Å². The Kier molecular flexibility index (Phi) is 19.3. The zero-order valence-electron chi connectivity index (χ0n) is 40.0. The van der Waals surface area contributed by atoms with Gasteiger partial charge in [0.15, 0.2) is 31.1 Å². The summed E-state index contributed by atoms with van der Waals surface area (Å²) in [6.07, 6.45) is -7.02. The number of halogens is 6. The van der Waals surface area contributed by atoms with Crippen LogP contribution >= 0.6 is 22.7 Å². The van der Waals surface area contributed by atoms with Gasteiger partial charge in [0.2, 0.25) is 0 Å². The number of hydrogen-bond acceptors (Lipinski definition) is 13. The molecule has 0 aliphatic carbocycles. The molecule has 0 aliphatic heterocycles. The lowest BCUT2D eigenvalue weighted by Gasteiger charge is -2.12. The zero-order chi connectivity index (χ0) is 53.5. The number of phenolic OH excluding ortho intramolecular Hbond substituents is 1. The van der Waals surface area contributed by atoms with Gasteiger partial charge in [0.05, 0.1) is 48.9 Å². The van der Waals surface area contributed by atoms with E-state index < -0.39 is 43.4 Å². The Balaban J connectivity index is 0.000000246. The number of likely N-dealkylation sites (N-methyl/N-ethyl adjacent to an activating group) is 2. The summed E-state index contributed by atoms with van der Waals surface area (Å²) in [6.45, 7) is 2.14. The summed E-state index contributed by atoms with van der Waals surface area (Å²) in [4.78, 5) is 6.69. The lowest BCUT2D eigenvalue weighted by molar-refractivity contribution is -0.142. The highest BCUT2D eigenvalue weighted by molar-refractivity contribution is 7.91. The molecule has 23 heteroatoms. The van der Waals surface area contributed by atoms with Gasteiger partial charge in [-0.3, -0.25) is 0 Å². The van der Waals surface area contributed by atoms with Crippen molar-refractivity contribution in [1.29, 1.82) is 0 Å². The number of benzene rings is 4. The third-order valence-corrected chi connectivity index (χ3v) is 14.8. The molecule has 4 aromatic carbocycles. The monoisotopic (exact) mass is 1100 g/mol. The van der Waals surface area contributed by atoms with Crippen LogP contribution in [0.4, 0.5) is 26.3 Å². The first-order valence-corrected chi connectivity index (χ1v) is 27.2. The molecule has 74 heavy (non-hydrogen) atoms. The van der Waals surface area contributed by atoms with Gasteiger partial charge in [0, 0.05) is 47.5 Å². The fourth-order valence-electron chi connectivity index (χ4n) is 6.68. The number of aromatic nitrogens is 4. The van der Waals surface area contributed by atoms with Crippen LogP contribution in [0.15, 0.2) is 143 Å². The third kappa shape index (κ3) is 15.6. The largest absolute Gasteiger partial charge is 0.508 e. The molecule has 0 radical (unpaired) electrons. The average Bonchev–Trinajstić information content (AvgIpc) is 4.15. The summed E-state index contributed by atoms with van der Waals surface area (Å²) < 4.78 is 137. The molecule has 0 atom stereocenters. The van der Waals surface area contributed by atoms with Crippen molar-refractivity contribution in [1.82, 2.24) is 29.4 Å². The maximum absolute atomic E-state index is 13.6. The summed E-state index contributed by atoms with van der Waals surface area (Å²) in [7, 11) is 0.893. The molecule has 4 heterocycles. The number of hydrogen-bond donors (Lipinski definition) is 2. The number of alkyl halides is 6. The second-order valence-corrected chi connectivity index (χ2v) is 23.0. The first-order chi connectivity index (χ1) is 34.2. The fourth-order valence-corrected chi connectivity index (χ4v) is 10.0. The van der Waals surface area contributed by atoms with Crippen LogP contribution in [0, 0.1) is 0 Å². The summed E-state index contributed by atoms with van der Waals surface area (Å²) in [5.41, 5.74) is 0.407. The SMILES string of the molecule is C.CN(C)CCO.CN(C)CCOc1cccc(-n2nc(C(F)(F)F)cc2-c2ccc(-c3cccc(S(C)(=O)=O)c3)s2)c1.CS(=O)(=O)c1cccc(-c2ccc(-c3cc(C(F)(F)F)nn3-c3cccc(O)c3)s2)c1. The summed E-state index contributed by atoms with van der Waals surface area (Å²) >= 11 is 2.46. The Hall–Kier alpha value is -6.34. The minimum atomic E-state index is -4.64. The third-order valence-electron chi connectivity index (χ3n) is 10.3. The standard InChI is InChI=1S/C25H24F3N3O3S2.C21H15F3N2O3S2.C4H11NO.CH4/c1-30(2)12-13-34-19-8-5-7-18(15-19)31-21(16-24(29-31)25(26,27)28)23-11-10-22(35-23)17-6-4-9-20(14-17)36(3,32)33;1-31(28,29)16-7-2-4-13(10-16)18-8-9-19(30-18)17-12-20(21(22,23)24)25-26(17)14-5-3-6-15(27)11-14;1-5(2)3-4-6;/h4-11,14-16H,12-13H2,1-3H3;2-12,27H,1H3;6H,3-4H2,1-2H3;1H4. The Morgan fingerprint density at radius 3 is 1.38 bits per heavy atom. The molecule has 2 N–H and O–H groups in total. The highest BCUT2D eigenvalue weighted by Gasteiger charge is 2.37. The van der Waals surface area contributed by atoms with Crippen LogP contribution in [-0.4, -0.2) is 123 Å². The molecule has 0 bridgehead atoms. The molecule has 8 rings (SSSR count). The van der Waals surface area contributed by atoms with Crippen molar-refractivity contribution in [2.75, 3.05) is 67.0 Å². The van der Waals surface area contributed by atoms with E-state index in [2.05, 4.69) is 10.2 Å². The minimum Gasteiger partial charge on any atom is -0.508 e. The maximum atomic E-state index is 13.6. The van der Waals surface area contributed by atoms with Crippen molar-refractivity contribution in [3.8, 4) is 64.9 Å². The van der Waals surface area contributed by atoms with Crippen molar-refractivity contribution in [2.24, 2.45) is 0 Å². The van der Waals surface area contributed by atoms with Crippen LogP contribution < -0.4 is 4.74 Å². The van der Waals surface area contributed by atoms with Gasteiger partial charge in [-0.05, 0) is 124 Å². The molecule has 13 nitrogen and oxygen atoms in total. The number of thiophene rings is 2. The molecule has 396 valence electrons. The Morgan fingerprint density at radius 2 is 0.986 bits per heavy atom. The normalized spacial score (nSPS) is 11.9. The topological polar surface area (TPSA) is 160 Å². The number of sulfone groups is 2. The van der Waals surface area contributed by atoms with Crippen LogP contribution in [0.2, 0.25) is 0 Å². The van der Waals surface area contributed by atoms with Crippen LogP contribution in [0.25, 0.3) is 53.4 Å². The van der Waals surface area contributed by atoms with Gasteiger partial charge in [0.1, 0.15) is 18.1 Å². The zero-order valence-corrected chi connectivity index (χ0v) is 43.3. The Morgan fingerprint density at radius 1 is 0.568 bits per heavy atom. The first-order valence-electron chi connectivity index (χ1n) is 21.8. The van der Waals surface area contributed by atoms with Gasteiger partial charge >= 0.3 is 12.4 Å². The van der Waals surface area contributed by atoms with E-state index >= 15 is 0 Å². The molecule has 0 aliphatic rings. The van der Waals surface area contributed by atoms with E-state index in [-0.39, 0.29) is 46.6 Å². The van der Waals surface area contributed by atoms with Crippen molar-refractivity contribution >= 4 is 42.3 Å². The molecule has 0 amide bonds. The molecule has 0 saturated carbocycles. The molecule has 8 aromatic rings. The van der Waals surface area contributed by atoms with Crippen LogP contribution in [-0.2, 0) is 32.0 Å². The average molecular weight is 1110 g/mol. The molecule has 0 unspecified atom stereocenters. The van der Waals surface area contributed by atoms with E-state index in [4.69, 9.17) is 9.84 Å². The maximum Gasteiger partial charge on any atom is 0.435 e. The van der Waals surface area contributed by atoms with Crippen molar-refractivity contribution in [3.63, 3.8) is 0 Å². The number of nitrogens with zero attached hydrogens (tertiary/aromatic N) is 6. The van der Waals surface area contributed by atoms with Crippen molar-refractivity contribution in [2.45, 2.75) is 29.6 Å². The number of phenols is 1. The van der Waals surface area contributed by atoms with E-state index in [0.717, 1.165) is 40.7 Å². The Bertz CT molecular complexity index is 3380. The second-order valence-electron chi connectivity index (χ2n) is 16.8. The highest BCUT2D eigenvalue weighted by atomic mass is 32.2. The van der Waals surface area contributed by atoms with Gasteiger partial charge < -0.3 is 24.7 Å². The quantitative estimate of drug-likeness (QED) is 0.0998. The number of aromatic hydroxyl groups is 1. The van der Waals surface area contributed by atoms with E-state index in [9.17, 15) is 48.3 Å². The van der Waals surface area contributed by atoms with Gasteiger partial charge in [-0.1, -0.05) is 43.8 Å². The summed E-state index contributed by atoms with van der Waals surface area (Å²) in [5.74, 6) is 0.422. The van der Waals surface area contributed by atoms with E-state index in [1.54, 1.807) is 84.9 Å². The number of aliphatic hydroxyl groups excluding tert-OH is 1. The van der Waals surface area contributed by atoms with Crippen LogP contribution in [0.5, 0.6) is 11.5 Å². The van der Waals surface area contributed by atoms with Gasteiger partial charge in [-0.2, -0.15) is 36.5 Å². The van der Waals surface area contributed by atoms with Gasteiger partial charge in [-0.25, -0.2) is 26.2 Å². The number of aliphatic hydroxyl groups is 1. The predicted octanol–water partition coefficient (Wildman–Crippen LogP) is 11.2. The molecule has 0 fully saturated rings. The molecule has 4 aromatic heterocycles. The van der Waals surface area contributed by atoms with E-state index in [0.29, 0.717) is 50.3 Å². The van der Waals surface area contributed by atoms with Crippen molar-refractivity contribution < 1.29 is 58.1 Å². The lowest BCUT2D eigenvalue weighted by atomic mass is 10.2. The van der Waals surface area contributed by atoms with Crippen LogP contribution in [0.3, 0.4) is 0 Å². The minimum absolute atomic E-state index is 0. The molecule has 0 spiro atoms. The fraction of sp³-hybridized carbons (Fsp3) is 0.255. The molecular formula is C51H54F6N6O7S4.